The van der Waals surface area contributed by atoms with Gasteiger partial charge in [-0.2, -0.15) is 0 Å². The number of benzene rings is 1. The molecule has 0 saturated carbocycles. The number of carbonyl (C=O) groups is 2. The average molecular weight is 430 g/mol. The molecule has 1 atom stereocenters. The fourth-order valence-electron chi connectivity index (χ4n) is 3.53. The van der Waals surface area contributed by atoms with E-state index in [1.165, 1.54) is 11.1 Å². The first-order chi connectivity index (χ1) is 14.8. The largest absolute Gasteiger partial charge is 0.477 e. The molecule has 0 aromatic heterocycles. The van der Waals surface area contributed by atoms with Gasteiger partial charge in [0.2, 0.25) is 11.8 Å². The maximum Gasteiger partial charge on any atom is 0.248 e. The van der Waals surface area contributed by atoms with E-state index < -0.39 is 6.04 Å². The van der Waals surface area contributed by atoms with Gasteiger partial charge >= 0.3 is 0 Å². The van der Waals surface area contributed by atoms with Gasteiger partial charge in [-0.25, -0.2) is 0 Å². The fourth-order valence-corrected chi connectivity index (χ4v) is 3.53. The van der Waals surface area contributed by atoms with Crippen molar-refractivity contribution in [1.82, 2.24) is 16.0 Å². The third kappa shape index (κ3) is 8.09. The number of methoxy groups -OCH3 is 1. The van der Waals surface area contributed by atoms with Crippen molar-refractivity contribution in [2.75, 3.05) is 26.9 Å². The van der Waals surface area contributed by atoms with Crippen molar-refractivity contribution in [3.8, 4) is 0 Å². The van der Waals surface area contributed by atoms with E-state index >= 15 is 0 Å². The normalized spacial score (nSPS) is 13.9. The number of ether oxygens (including phenoxy) is 2. The van der Waals surface area contributed by atoms with E-state index in [1.807, 2.05) is 26.0 Å². The number of rotatable bonds is 13. The summed E-state index contributed by atoms with van der Waals surface area (Å²) < 4.78 is 10.4. The molecule has 0 fully saturated rings. The summed E-state index contributed by atoms with van der Waals surface area (Å²) in [6.07, 6.45) is 2.22. The van der Waals surface area contributed by atoms with Crippen LogP contribution in [0.3, 0.4) is 0 Å². The zero-order valence-corrected chi connectivity index (χ0v) is 18.8. The van der Waals surface area contributed by atoms with E-state index in [-0.39, 0.29) is 30.3 Å². The summed E-state index contributed by atoms with van der Waals surface area (Å²) in [4.78, 5) is 25.2. The Balaban J connectivity index is 1.80. The Kier molecular flexibility index (Phi) is 9.59. The highest BCUT2D eigenvalue weighted by Crippen LogP contribution is 2.21. The number of nitrogens with one attached hydrogen (secondary N) is 3. The average Bonchev–Trinajstić information content (AvgIpc) is 3.13. The number of fused-ring (bicyclic) bond motifs is 1. The molecule has 31 heavy (non-hydrogen) atoms. The maximum absolute atomic E-state index is 12.7. The van der Waals surface area contributed by atoms with Crippen LogP contribution >= 0.6 is 0 Å². The molecule has 0 heterocycles. The second kappa shape index (κ2) is 12.2. The van der Waals surface area contributed by atoms with Crippen LogP contribution < -0.4 is 16.0 Å². The van der Waals surface area contributed by atoms with Gasteiger partial charge in [0.05, 0.1) is 6.61 Å². The molecule has 1 aliphatic carbocycles. The van der Waals surface area contributed by atoms with Gasteiger partial charge in [-0.05, 0) is 42.9 Å². The molecule has 3 N–H and O–H groups in total. The van der Waals surface area contributed by atoms with Gasteiger partial charge in [0.1, 0.15) is 12.6 Å². The molecular weight excluding hydrogens is 394 g/mol. The van der Waals surface area contributed by atoms with Crippen LogP contribution in [0.1, 0.15) is 31.4 Å². The van der Waals surface area contributed by atoms with Crippen molar-refractivity contribution in [2.24, 2.45) is 5.92 Å². The van der Waals surface area contributed by atoms with Crippen molar-refractivity contribution >= 4 is 11.8 Å². The lowest BCUT2D eigenvalue weighted by molar-refractivity contribution is -0.123. The van der Waals surface area contributed by atoms with Crippen molar-refractivity contribution in [1.29, 1.82) is 0 Å². The van der Waals surface area contributed by atoms with Crippen LogP contribution in [-0.4, -0.2) is 50.8 Å². The van der Waals surface area contributed by atoms with Crippen LogP contribution in [0.5, 0.6) is 0 Å². The lowest BCUT2D eigenvalue weighted by atomic mass is 10.0. The van der Waals surface area contributed by atoms with Crippen LogP contribution in [0.15, 0.2) is 48.9 Å². The molecule has 7 heteroatoms. The van der Waals surface area contributed by atoms with Crippen molar-refractivity contribution in [3.63, 3.8) is 0 Å². The Bertz CT molecular complexity index is 766. The summed E-state index contributed by atoms with van der Waals surface area (Å²) in [5.41, 5.74) is 2.85. The van der Waals surface area contributed by atoms with E-state index in [9.17, 15) is 9.59 Å². The molecule has 1 aliphatic rings. The third-order valence-electron chi connectivity index (χ3n) is 5.11. The summed E-state index contributed by atoms with van der Waals surface area (Å²) in [7, 11) is 1.59. The molecule has 0 radical (unpaired) electrons. The van der Waals surface area contributed by atoms with E-state index in [4.69, 9.17) is 9.47 Å². The van der Waals surface area contributed by atoms with Gasteiger partial charge in [-0.3, -0.25) is 9.59 Å². The number of carbonyl (C=O) groups excluding carboxylic acids is 2. The molecule has 170 valence electrons. The predicted molar refractivity (Wildman–Crippen MR) is 121 cm³/mol. The summed E-state index contributed by atoms with van der Waals surface area (Å²) in [5.74, 6) is 0.131. The van der Waals surface area contributed by atoms with Crippen LogP contribution in [0.2, 0.25) is 0 Å². The Labute approximate surface area is 185 Å². The van der Waals surface area contributed by atoms with Gasteiger partial charge < -0.3 is 25.4 Å². The SMILES string of the molecule is C=C(NC(CC(C)C)C(=O)NCC(=C)C(=O)NC1Cc2ccccc2C1)OCCOC. The molecule has 0 bridgehead atoms. The lowest BCUT2D eigenvalue weighted by Gasteiger charge is -2.22. The van der Waals surface area contributed by atoms with Crippen LogP contribution in [0.4, 0.5) is 0 Å². The molecule has 7 nitrogen and oxygen atoms in total. The fraction of sp³-hybridized carbons (Fsp3) is 0.500. The highest BCUT2D eigenvalue weighted by molar-refractivity contribution is 5.94. The van der Waals surface area contributed by atoms with E-state index in [0.29, 0.717) is 31.1 Å². The van der Waals surface area contributed by atoms with Gasteiger partial charge in [-0.1, -0.05) is 44.7 Å². The van der Waals surface area contributed by atoms with Gasteiger partial charge in [0.15, 0.2) is 5.88 Å². The second-order valence-corrected chi connectivity index (χ2v) is 8.26. The third-order valence-corrected chi connectivity index (χ3v) is 5.11. The topological polar surface area (TPSA) is 88.7 Å². The van der Waals surface area contributed by atoms with Gasteiger partial charge in [0.25, 0.3) is 0 Å². The Morgan fingerprint density at radius 1 is 1.13 bits per heavy atom. The van der Waals surface area contributed by atoms with Gasteiger partial charge in [-0.15, -0.1) is 0 Å². The summed E-state index contributed by atoms with van der Waals surface area (Å²) in [5, 5.41) is 8.83. The van der Waals surface area contributed by atoms with Gasteiger partial charge in [0, 0.05) is 25.3 Å². The molecule has 0 saturated heterocycles. The van der Waals surface area contributed by atoms with Crippen molar-refractivity contribution in [2.45, 2.75) is 45.2 Å². The Morgan fingerprint density at radius 2 is 1.77 bits per heavy atom. The first-order valence-corrected chi connectivity index (χ1v) is 10.7. The highest BCUT2D eigenvalue weighted by Gasteiger charge is 2.24. The zero-order chi connectivity index (χ0) is 22.8. The number of hydrogen-bond donors (Lipinski definition) is 3. The number of amides is 2. The summed E-state index contributed by atoms with van der Waals surface area (Å²) in [6, 6.07) is 7.74. The highest BCUT2D eigenvalue weighted by atomic mass is 16.5. The first kappa shape index (κ1) is 24.5. The minimum Gasteiger partial charge on any atom is -0.477 e. The van der Waals surface area contributed by atoms with E-state index in [0.717, 1.165) is 12.8 Å². The Morgan fingerprint density at radius 3 is 2.35 bits per heavy atom. The van der Waals surface area contributed by atoms with Crippen molar-refractivity contribution in [3.05, 3.63) is 60.0 Å². The Hall–Kier alpha value is -2.80. The monoisotopic (exact) mass is 429 g/mol. The van der Waals surface area contributed by atoms with Crippen LogP contribution in [0.25, 0.3) is 0 Å². The molecular formula is C24H35N3O4. The predicted octanol–water partition coefficient (Wildman–Crippen LogP) is 2.08. The molecule has 1 unspecified atom stereocenters. The molecule has 1 aromatic rings. The molecule has 2 amide bonds. The smallest absolute Gasteiger partial charge is 0.248 e. The first-order valence-electron chi connectivity index (χ1n) is 10.7. The summed E-state index contributed by atoms with van der Waals surface area (Å²) in [6.45, 7) is 12.6. The second-order valence-electron chi connectivity index (χ2n) is 8.26. The minimum atomic E-state index is -0.518. The maximum atomic E-state index is 12.7. The molecule has 0 spiro atoms. The van der Waals surface area contributed by atoms with Crippen LogP contribution in [-0.2, 0) is 31.9 Å². The molecule has 1 aromatic carbocycles. The summed E-state index contributed by atoms with van der Waals surface area (Å²) >= 11 is 0. The molecule has 2 rings (SSSR count). The minimum absolute atomic E-state index is 0.0558. The van der Waals surface area contributed by atoms with E-state index in [2.05, 4.69) is 41.2 Å². The molecule has 0 aliphatic heterocycles. The van der Waals surface area contributed by atoms with Crippen molar-refractivity contribution < 1.29 is 19.1 Å². The number of hydrogen-bond acceptors (Lipinski definition) is 5. The quantitative estimate of drug-likeness (QED) is 0.254. The zero-order valence-electron chi connectivity index (χ0n) is 18.8. The van der Waals surface area contributed by atoms with E-state index in [1.54, 1.807) is 7.11 Å². The van der Waals surface area contributed by atoms with Crippen LogP contribution in [0, 0.1) is 5.92 Å². The standard InChI is InChI=1S/C24H35N3O4/c1-16(2)12-22(26-18(4)31-11-10-30-5)24(29)25-15-17(3)23(28)27-21-13-19-8-6-7-9-20(19)14-21/h6-9,16,21-22,26H,3-4,10-15H2,1-2,5H3,(H,25,29)(H,27,28). The lowest BCUT2D eigenvalue weighted by Crippen LogP contribution is -2.46.